The molecule has 1 aromatic heterocycles. The summed E-state index contributed by atoms with van der Waals surface area (Å²) in [5.41, 5.74) is 0.0432. The average Bonchev–Trinajstić information content (AvgIpc) is 2.71. The van der Waals surface area contributed by atoms with Gasteiger partial charge in [0.2, 0.25) is 0 Å². The van der Waals surface area contributed by atoms with Crippen LogP contribution in [0.4, 0.5) is 0 Å². The molecular formula is C15H18N2O3S. The Morgan fingerprint density at radius 2 is 1.81 bits per heavy atom. The zero-order valence-corrected chi connectivity index (χ0v) is 13.5. The van der Waals surface area contributed by atoms with E-state index in [1.165, 1.54) is 7.05 Å². The van der Waals surface area contributed by atoms with Crippen molar-refractivity contribution in [1.82, 2.24) is 10.6 Å². The third-order valence-corrected chi connectivity index (χ3v) is 4.18. The highest BCUT2D eigenvalue weighted by Gasteiger charge is 2.28. The van der Waals surface area contributed by atoms with E-state index < -0.39 is 17.2 Å². The van der Waals surface area contributed by atoms with Crippen molar-refractivity contribution in [3.05, 3.63) is 20.9 Å². The molecule has 2 amide bonds. The van der Waals surface area contributed by atoms with E-state index in [0.29, 0.717) is 16.0 Å². The highest BCUT2D eigenvalue weighted by atomic mass is 32.1. The smallest absolute Gasteiger partial charge is 0.294 e. The lowest BCUT2D eigenvalue weighted by molar-refractivity contribution is -0.117. The Kier molecular flexibility index (Phi) is 4.92. The molecule has 1 aromatic rings. The fourth-order valence-electron chi connectivity index (χ4n) is 1.81. The summed E-state index contributed by atoms with van der Waals surface area (Å²) in [5.74, 6) is 0.665. The van der Waals surface area contributed by atoms with Crippen LogP contribution in [0.1, 0.15) is 44.3 Å². The number of terminal acetylenes is 1. The molecule has 0 atom stereocenters. The highest BCUT2D eigenvalue weighted by Crippen LogP contribution is 2.28. The summed E-state index contributed by atoms with van der Waals surface area (Å²) in [6, 6.07) is 0. The molecule has 1 heterocycles. The summed E-state index contributed by atoms with van der Waals surface area (Å²) >= 11 is 1.13. The van der Waals surface area contributed by atoms with Crippen molar-refractivity contribution in [3.63, 3.8) is 0 Å². The quantitative estimate of drug-likeness (QED) is 0.502. The number of rotatable bonds is 4. The Bertz CT molecular complexity index is 651. The molecule has 6 heteroatoms. The van der Waals surface area contributed by atoms with Crippen LogP contribution in [0.5, 0.6) is 0 Å². The van der Waals surface area contributed by atoms with Crippen LogP contribution in [0.15, 0.2) is 0 Å². The maximum absolute atomic E-state index is 12.2. The van der Waals surface area contributed by atoms with Crippen molar-refractivity contribution in [1.29, 1.82) is 0 Å². The van der Waals surface area contributed by atoms with Gasteiger partial charge >= 0.3 is 0 Å². The first-order chi connectivity index (χ1) is 9.64. The van der Waals surface area contributed by atoms with Crippen LogP contribution < -0.4 is 10.6 Å². The first kappa shape index (κ1) is 16.9. The predicted molar refractivity (Wildman–Crippen MR) is 82.6 cm³/mol. The molecule has 21 heavy (non-hydrogen) atoms. The number of amides is 2. The number of ketones is 1. The molecule has 0 aromatic carbocycles. The van der Waals surface area contributed by atoms with Gasteiger partial charge in [0.05, 0.1) is 16.0 Å². The molecule has 0 saturated heterocycles. The van der Waals surface area contributed by atoms with E-state index in [9.17, 15) is 14.4 Å². The molecule has 0 aliphatic rings. The number of carbonyl (C=O) groups excluding carboxylic acids is 3. The molecule has 0 spiro atoms. The van der Waals surface area contributed by atoms with Crippen LogP contribution in [-0.4, -0.2) is 30.2 Å². The van der Waals surface area contributed by atoms with E-state index in [2.05, 4.69) is 16.6 Å². The predicted octanol–water partition coefficient (Wildman–Crippen LogP) is 1.44. The second-order valence-electron chi connectivity index (χ2n) is 5.12. The van der Waals surface area contributed by atoms with Gasteiger partial charge < -0.3 is 10.6 Å². The number of hydrogen-bond acceptors (Lipinski definition) is 4. The van der Waals surface area contributed by atoms with Crippen molar-refractivity contribution < 1.29 is 14.4 Å². The lowest BCUT2D eigenvalue weighted by atomic mass is 10.0. The van der Waals surface area contributed by atoms with Gasteiger partial charge in [0.25, 0.3) is 17.6 Å². The van der Waals surface area contributed by atoms with Gasteiger partial charge in [-0.1, -0.05) is 5.92 Å². The molecule has 0 aliphatic heterocycles. The summed E-state index contributed by atoms with van der Waals surface area (Å²) in [6.45, 7) is 6.64. The highest BCUT2D eigenvalue weighted by molar-refractivity contribution is 7.15. The fraction of sp³-hybridized carbons (Fsp3) is 0.400. The number of carbonyl (C=O) groups is 3. The van der Waals surface area contributed by atoms with E-state index in [1.54, 1.807) is 27.7 Å². The molecule has 0 fully saturated rings. The van der Waals surface area contributed by atoms with E-state index in [0.717, 1.165) is 11.3 Å². The van der Waals surface area contributed by atoms with Crippen LogP contribution >= 0.6 is 11.3 Å². The van der Waals surface area contributed by atoms with Gasteiger partial charge in [-0.3, -0.25) is 14.4 Å². The SMILES string of the molecule is C#CC(C)(C)NC(=O)C(=O)c1sc(C)c(C(=O)NC)c1C. The van der Waals surface area contributed by atoms with Crippen molar-refractivity contribution in [2.45, 2.75) is 33.2 Å². The van der Waals surface area contributed by atoms with E-state index >= 15 is 0 Å². The Hall–Kier alpha value is -2.13. The Balaban J connectivity index is 3.13. The van der Waals surface area contributed by atoms with Crippen LogP contribution in [0.2, 0.25) is 0 Å². The number of Topliss-reactive ketones (excluding diaryl/α,β-unsaturated/α-hetero) is 1. The summed E-state index contributed by atoms with van der Waals surface area (Å²) in [6.07, 6.45) is 5.28. The molecule has 0 saturated carbocycles. The largest absolute Gasteiger partial charge is 0.355 e. The lowest BCUT2D eigenvalue weighted by Gasteiger charge is -2.18. The number of aryl methyl sites for hydroxylation is 1. The zero-order valence-electron chi connectivity index (χ0n) is 12.7. The Morgan fingerprint density at radius 1 is 1.24 bits per heavy atom. The summed E-state index contributed by atoms with van der Waals surface area (Å²) < 4.78 is 0. The van der Waals surface area contributed by atoms with Crippen LogP contribution in [-0.2, 0) is 4.79 Å². The first-order valence-corrected chi connectivity index (χ1v) is 7.13. The number of nitrogens with one attached hydrogen (secondary N) is 2. The maximum atomic E-state index is 12.2. The Labute approximate surface area is 128 Å². The molecule has 0 radical (unpaired) electrons. The van der Waals surface area contributed by atoms with Crippen molar-refractivity contribution in [2.24, 2.45) is 0 Å². The minimum absolute atomic E-state index is 0.261. The van der Waals surface area contributed by atoms with Gasteiger partial charge in [-0.05, 0) is 33.3 Å². The summed E-state index contributed by atoms with van der Waals surface area (Å²) in [4.78, 5) is 37.0. The standard InChI is InChI=1S/C15H18N2O3S/c1-7-15(4,5)17-14(20)11(18)12-8(2)10(9(3)21-12)13(19)16-6/h1H,2-6H3,(H,16,19)(H,17,20). The minimum Gasteiger partial charge on any atom is -0.355 e. The molecular weight excluding hydrogens is 288 g/mol. The van der Waals surface area contributed by atoms with Crippen molar-refractivity contribution >= 4 is 28.9 Å². The third kappa shape index (κ3) is 3.50. The second-order valence-corrected chi connectivity index (χ2v) is 6.34. The molecule has 112 valence electrons. The Morgan fingerprint density at radius 3 is 2.29 bits per heavy atom. The second kappa shape index (κ2) is 6.10. The van der Waals surface area contributed by atoms with Crippen molar-refractivity contribution in [3.8, 4) is 12.3 Å². The van der Waals surface area contributed by atoms with Gasteiger partial charge in [-0.25, -0.2) is 0 Å². The van der Waals surface area contributed by atoms with Gasteiger partial charge in [-0.15, -0.1) is 17.8 Å². The van der Waals surface area contributed by atoms with Crippen molar-refractivity contribution in [2.75, 3.05) is 7.05 Å². The maximum Gasteiger partial charge on any atom is 0.294 e. The number of hydrogen-bond donors (Lipinski definition) is 2. The van der Waals surface area contributed by atoms with Gasteiger partial charge in [0.15, 0.2) is 0 Å². The van der Waals surface area contributed by atoms with Crippen LogP contribution in [0.25, 0.3) is 0 Å². The molecule has 5 nitrogen and oxygen atoms in total. The molecule has 0 aliphatic carbocycles. The molecule has 0 bridgehead atoms. The first-order valence-electron chi connectivity index (χ1n) is 6.31. The third-order valence-electron chi connectivity index (χ3n) is 2.98. The molecule has 0 unspecified atom stereocenters. The van der Waals surface area contributed by atoms with Gasteiger partial charge in [0, 0.05) is 11.9 Å². The summed E-state index contributed by atoms with van der Waals surface area (Å²) in [7, 11) is 1.52. The zero-order chi connectivity index (χ0) is 16.4. The topological polar surface area (TPSA) is 75.3 Å². The van der Waals surface area contributed by atoms with E-state index in [1.807, 2.05) is 0 Å². The minimum atomic E-state index is -0.906. The van der Waals surface area contributed by atoms with Crippen LogP contribution in [0.3, 0.4) is 0 Å². The lowest BCUT2D eigenvalue weighted by Crippen LogP contribution is -2.45. The fourth-order valence-corrected chi connectivity index (χ4v) is 2.90. The summed E-state index contributed by atoms with van der Waals surface area (Å²) in [5, 5.41) is 5.01. The monoisotopic (exact) mass is 306 g/mol. The molecule has 2 N–H and O–H groups in total. The normalized spacial score (nSPS) is 10.7. The van der Waals surface area contributed by atoms with Gasteiger partial charge in [-0.2, -0.15) is 0 Å². The van der Waals surface area contributed by atoms with Gasteiger partial charge in [0.1, 0.15) is 0 Å². The molecule has 1 rings (SSSR count). The van der Waals surface area contributed by atoms with E-state index in [-0.39, 0.29) is 10.8 Å². The van der Waals surface area contributed by atoms with Crippen LogP contribution in [0, 0.1) is 26.2 Å². The number of thiophene rings is 1. The van der Waals surface area contributed by atoms with E-state index in [4.69, 9.17) is 6.42 Å². The average molecular weight is 306 g/mol.